The highest BCUT2D eigenvalue weighted by Crippen LogP contribution is 2.27. The number of nitrogens with zero attached hydrogens (tertiary/aromatic N) is 1. The Bertz CT molecular complexity index is 914. The molecule has 0 saturated heterocycles. The van der Waals surface area contributed by atoms with Crippen molar-refractivity contribution in [1.82, 2.24) is 5.32 Å². The second-order valence-electron chi connectivity index (χ2n) is 8.24. The number of methoxy groups -OCH3 is 1. The van der Waals surface area contributed by atoms with Gasteiger partial charge in [-0.1, -0.05) is 56.3 Å². The van der Waals surface area contributed by atoms with Crippen LogP contribution in [0.25, 0.3) is 0 Å². The van der Waals surface area contributed by atoms with Crippen LogP contribution in [0.4, 0.5) is 4.79 Å². The smallest absolute Gasteiger partial charge is 0.407 e. The summed E-state index contributed by atoms with van der Waals surface area (Å²) in [6, 6.07) is 14.7. The van der Waals surface area contributed by atoms with Crippen molar-refractivity contribution in [1.29, 1.82) is 0 Å². The predicted molar refractivity (Wildman–Crippen MR) is 123 cm³/mol. The Hall–Kier alpha value is -3.06. The fourth-order valence-electron chi connectivity index (χ4n) is 3.75. The summed E-state index contributed by atoms with van der Waals surface area (Å²) < 4.78 is 16.5. The van der Waals surface area contributed by atoms with Crippen molar-refractivity contribution < 1.29 is 24.1 Å². The van der Waals surface area contributed by atoms with E-state index in [1.54, 1.807) is 7.11 Å². The van der Waals surface area contributed by atoms with Gasteiger partial charge in [-0.15, -0.1) is 0 Å². The molecule has 0 saturated carbocycles. The summed E-state index contributed by atoms with van der Waals surface area (Å²) in [6.07, 6.45) is -0.452. The van der Waals surface area contributed by atoms with Crippen LogP contribution in [0.1, 0.15) is 37.0 Å². The van der Waals surface area contributed by atoms with Crippen molar-refractivity contribution in [3.63, 3.8) is 0 Å². The summed E-state index contributed by atoms with van der Waals surface area (Å²) in [4.78, 5) is 16.9. The molecule has 0 unspecified atom stereocenters. The van der Waals surface area contributed by atoms with Crippen molar-refractivity contribution in [2.45, 2.75) is 45.4 Å². The van der Waals surface area contributed by atoms with Gasteiger partial charge in [0.15, 0.2) is 0 Å². The number of nitrogens with one attached hydrogen (secondary N) is 1. The summed E-state index contributed by atoms with van der Waals surface area (Å²) in [7, 11) is 1.60. The number of ether oxygens (including phenoxy) is 3. The number of rotatable bonds is 10. The van der Waals surface area contributed by atoms with Crippen LogP contribution in [0.3, 0.4) is 0 Å². The van der Waals surface area contributed by atoms with Gasteiger partial charge in [-0.25, -0.2) is 9.79 Å². The maximum Gasteiger partial charge on any atom is 0.407 e. The van der Waals surface area contributed by atoms with E-state index in [0.29, 0.717) is 37.6 Å². The molecule has 2 N–H and O–H groups in total. The first kappa shape index (κ1) is 23.6. The fourth-order valence-corrected chi connectivity index (χ4v) is 3.75. The lowest BCUT2D eigenvalue weighted by Gasteiger charge is -2.26. The molecule has 1 aliphatic rings. The van der Waals surface area contributed by atoms with Crippen LogP contribution < -0.4 is 10.1 Å². The van der Waals surface area contributed by atoms with Gasteiger partial charge in [0.05, 0.1) is 31.4 Å². The zero-order chi connectivity index (χ0) is 22.9. The monoisotopic (exact) mass is 440 g/mol. The van der Waals surface area contributed by atoms with Gasteiger partial charge in [-0.3, -0.25) is 0 Å². The van der Waals surface area contributed by atoms with Crippen molar-refractivity contribution in [3.8, 4) is 5.75 Å². The molecule has 7 nitrogen and oxygen atoms in total. The quantitative estimate of drug-likeness (QED) is 0.588. The first-order chi connectivity index (χ1) is 15.5. The van der Waals surface area contributed by atoms with Gasteiger partial charge in [0, 0.05) is 6.42 Å². The van der Waals surface area contributed by atoms with Crippen molar-refractivity contribution in [2.24, 2.45) is 10.9 Å². The lowest BCUT2D eigenvalue weighted by atomic mass is 9.92. The van der Waals surface area contributed by atoms with Crippen LogP contribution in [0.2, 0.25) is 0 Å². The highest BCUT2D eigenvalue weighted by molar-refractivity contribution is 5.99. The standard InChI is InChI=1S/C25H32N2O5/c1-17(2)14-20(27-25(29)32-16-18-8-5-4-6-9-18)21(28)15-19-10-7-11-22(30-3)23(19)24-26-12-13-31-24/h4-11,17,20-21,28H,12-16H2,1-3H3,(H,27,29)/t20-,21-/m0/s1. The molecule has 0 radical (unpaired) electrons. The van der Waals surface area contributed by atoms with Gasteiger partial charge in [0.25, 0.3) is 0 Å². The number of amides is 1. The molecule has 0 aliphatic carbocycles. The van der Waals surface area contributed by atoms with Crippen LogP contribution in [0.5, 0.6) is 5.75 Å². The Balaban J connectivity index is 1.71. The van der Waals surface area contributed by atoms with Crippen LogP contribution in [0.15, 0.2) is 53.5 Å². The predicted octanol–water partition coefficient (Wildman–Crippen LogP) is 3.72. The van der Waals surface area contributed by atoms with Gasteiger partial charge in [0.2, 0.25) is 5.90 Å². The van der Waals surface area contributed by atoms with Crippen molar-refractivity contribution in [3.05, 3.63) is 65.2 Å². The number of alkyl carbamates (subject to hydrolysis) is 1. The number of carbonyl (C=O) groups excluding carboxylic acids is 1. The van der Waals surface area contributed by atoms with E-state index in [1.165, 1.54) is 0 Å². The van der Waals surface area contributed by atoms with Gasteiger partial charge >= 0.3 is 6.09 Å². The first-order valence-electron chi connectivity index (χ1n) is 11.0. The molecule has 2 aromatic rings. The molecule has 0 spiro atoms. The fraction of sp³-hybridized carbons (Fsp3) is 0.440. The number of benzene rings is 2. The van der Waals surface area contributed by atoms with Crippen LogP contribution in [-0.2, 0) is 22.5 Å². The summed E-state index contributed by atoms with van der Waals surface area (Å²) in [5.41, 5.74) is 2.51. The third-order valence-electron chi connectivity index (χ3n) is 5.27. The Morgan fingerprint density at radius 2 is 1.97 bits per heavy atom. The largest absolute Gasteiger partial charge is 0.496 e. The molecule has 0 bridgehead atoms. The third kappa shape index (κ3) is 6.47. The van der Waals surface area contributed by atoms with Crippen LogP contribution >= 0.6 is 0 Å². The molecular formula is C25H32N2O5. The molecule has 0 aromatic heterocycles. The SMILES string of the molecule is COc1cccc(C[C@H](O)[C@H](CC(C)C)NC(=O)OCc2ccccc2)c1C1=NCCO1. The Labute approximate surface area is 189 Å². The zero-order valence-electron chi connectivity index (χ0n) is 18.9. The second kappa shape index (κ2) is 11.5. The lowest BCUT2D eigenvalue weighted by molar-refractivity contribution is 0.0943. The van der Waals surface area contributed by atoms with Crippen LogP contribution in [0, 0.1) is 5.92 Å². The van der Waals surface area contributed by atoms with E-state index >= 15 is 0 Å². The van der Waals surface area contributed by atoms with Gasteiger partial charge in [-0.05, 0) is 29.5 Å². The van der Waals surface area contributed by atoms with Gasteiger partial charge in [-0.2, -0.15) is 0 Å². The molecule has 1 heterocycles. The number of aliphatic hydroxyl groups is 1. The summed E-state index contributed by atoms with van der Waals surface area (Å²) in [6.45, 7) is 5.40. The number of aliphatic imine (C=N–C) groups is 1. The van der Waals surface area contributed by atoms with E-state index in [-0.39, 0.29) is 12.5 Å². The molecule has 3 rings (SSSR count). The topological polar surface area (TPSA) is 89.4 Å². The maximum absolute atomic E-state index is 12.4. The van der Waals surface area contributed by atoms with E-state index < -0.39 is 18.2 Å². The number of aliphatic hydroxyl groups excluding tert-OH is 1. The molecule has 2 atom stereocenters. The van der Waals surface area contributed by atoms with Gasteiger partial charge in [0.1, 0.15) is 19.0 Å². The molecule has 7 heteroatoms. The summed E-state index contributed by atoms with van der Waals surface area (Å²) in [5.74, 6) is 1.45. The average Bonchev–Trinajstić information content (AvgIpc) is 3.32. The van der Waals surface area contributed by atoms with E-state index in [1.807, 2.05) is 48.5 Å². The molecule has 32 heavy (non-hydrogen) atoms. The van der Waals surface area contributed by atoms with E-state index in [4.69, 9.17) is 14.2 Å². The molecule has 172 valence electrons. The normalized spacial score (nSPS) is 15.0. The average molecular weight is 441 g/mol. The molecule has 0 fully saturated rings. The Kier molecular flexibility index (Phi) is 8.50. The third-order valence-corrected chi connectivity index (χ3v) is 5.27. The second-order valence-corrected chi connectivity index (χ2v) is 8.24. The van der Waals surface area contributed by atoms with Crippen molar-refractivity contribution >= 4 is 12.0 Å². The highest BCUT2D eigenvalue weighted by Gasteiger charge is 2.27. The minimum atomic E-state index is -0.825. The minimum absolute atomic E-state index is 0.175. The molecular weight excluding hydrogens is 408 g/mol. The van der Waals surface area contributed by atoms with Crippen LogP contribution in [-0.4, -0.2) is 49.5 Å². The Morgan fingerprint density at radius 3 is 2.62 bits per heavy atom. The minimum Gasteiger partial charge on any atom is -0.496 e. The number of carbonyl (C=O) groups is 1. The summed E-state index contributed by atoms with van der Waals surface area (Å²) >= 11 is 0. The zero-order valence-corrected chi connectivity index (χ0v) is 18.9. The number of hydrogen-bond acceptors (Lipinski definition) is 6. The number of hydrogen-bond donors (Lipinski definition) is 2. The van der Waals surface area contributed by atoms with E-state index in [9.17, 15) is 9.90 Å². The molecule has 2 aromatic carbocycles. The van der Waals surface area contributed by atoms with E-state index in [0.717, 1.165) is 16.7 Å². The highest BCUT2D eigenvalue weighted by atomic mass is 16.5. The Morgan fingerprint density at radius 1 is 1.19 bits per heavy atom. The molecule has 1 aliphatic heterocycles. The van der Waals surface area contributed by atoms with Crippen molar-refractivity contribution in [2.75, 3.05) is 20.3 Å². The van der Waals surface area contributed by atoms with E-state index in [2.05, 4.69) is 24.2 Å². The summed E-state index contributed by atoms with van der Waals surface area (Å²) in [5, 5.41) is 13.9. The maximum atomic E-state index is 12.4. The van der Waals surface area contributed by atoms with Gasteiger partial charge < -0.3 is 24.6 Å². The first-order valence-corrected chi connectivity index (χ1v) is 11.0. The molecule has 1 amide bonds. The lowest BCUT2D eigenvalue weighted by Crippen LogP contribution is -2.45.